The monoisotopic (exact) mass is 325 g/mol. The first-order valence-electron chi connectivity index (χ1n) is 7.22. The Morgan fingerprint density at radius 3 is 2.86 bits per heavy atom. The number of amides is 1. The number of nitrogens with one attached hydrogen (secondary N) is 1. The van der Waals surface area contributed by atoms with Crippen molar-refractivity contribution in [1.82, 2.24) is 19.5 Å². The van der Waals surface area contributed by atoms with Gasteiger partial charge in [-0.2, -0.15) is 0 Å². The zero-order valence-corrected chi connectivity index (χ0v) is 13.0. The fourth-order valence-electron chi connectivity index (χ4n) is 2.47. The number of carbonyl (C=O) groups excluding carboxylic acids is 1. The maximum Gasteiger partial charge on any atom is 0.350 e. The molecular formula is C14H20ClN5O2. The highest BCUT2D eigenvalue weighted by molar-refractivity contribution is 5.85. The number of rotatable bonds is 6. The SMILES string of the molecule is Cl.NCC(NC(=O)CCn1nc2ccccn2c1=O)C1CC1. The number of halogens is 1. The Morgan fingerprint density at radius 1 is 1.45 bits per heavy atom. The zero-order chi connectivity index (χ0) is 14.8. The van der Waals surface area contributed by atoms with E-state index >= 15 is 0 Å². The second-order valence-corrected chi connectivity index (χ2v) is 5.43. The van der Waals surface area contributed by atoms with Gasteiger partial charge in [-0.1, -0.05) is 6.07 Å². The molecule has 2 aromatic rings. The third-order valence-electron chi connectivity index (χ3n) is 3.83. The van der Waals surface area contributed by atoms with Gasteiger partial charge < -0.3 is 11.1 Å². The standard InChI is InChI=1S/C14H19N5O2.ClH/c15-9-11(10-4-5-10)16-13(20)6-8-19-14(21)18-7-2-1-3-12(18)17-19;/h1-3,7,10-11H,4-6,8-9,15H2,(H,16,20);1H. The Bertz CT molecular complexity index is 707. The lowest BCUT2D eigenvalue weighted by Gasteiger charge is -2.15. The summed E-state index contributed by atoms with van der Waals surface area (Å²) in [6.07, 6.45) is 4.16. The summed E-state index contributed by atoms with van der Waals surface area (Å²) in [5.74, 6) is 0.443. The molecule has 0 aromatic carbocycles. The van der Waals surface area contributed by atoms with Crippen LogP contribution in [0.25, 0.3) is 5.65 Å². The van der Waals surface area contributed by atoms with Crippen molar-refractivity contribution in [3.8, 4) is 0 Å². The maximum absolute atomic E-state index is 12.0. The molecule has 1 aliphatic carbocycles. The number of hydrogen-bond acceptors (Lipinski definition) is 4. The van der Waals surface area contributed by atoms with Crippen molar-refractivity contribution in [1.29, 1.82) is 0 Å². The van der Waals surface area contributed by atoms with Crippen LogP contribution in [0.15, 0.2) is 29.2 Å². The summed E-state index contributed by atoms with van der Waals surface area (Å²) < 4.78 is 2.79. The second kappa shape index (κ2) is 6.93. The first kappa shape index (κ1) is 16.5. The molecular weight excluding hydrogens is 306 g/mol. The van der Waals surface area contributed by atoms with E-state index in [4.69, 9.17) is 5.73 Å². The van der Waals surface area contributed by atoms with E-state index in [0.29, 0.717) is 18.1 Å². The first-order valence-corrected chi connectivity index (χ1v) is 7.22. The highest BCUT2D eigenvalue weighted by Gasteiger charge is 2.31. The molecule has 7 nitrogen and oxygen atoms in total. The third kappa shape index (κ3) is 3.48. The van der Waals surface area contributed by atoms with Crippen molar-refractivity contribution in [2.75, 3.05) is 6.54 Å². The fraction of sp³-hybridized carbons (Fsp3) is 0.500. The molecule has 120 valence electrons. The molecule has 0 aliphatic heterocycles. The fourth-order valence-corrected chi connectivity index (χ4v) is 2.47. The summed E-state index contributed by atoms with van der Waals surface area (Å²) in [6, 6.07) is 5.42. The zero-order valence-electron chi connectivity index (χ0n) is 12.1. The third-order valence-corrected chi connectivity index (χ3v) is 3.83. The highest BCUT2D eigenvalue weighted by Crippen LogP contribution is 2.32. The van der Waals surface area contributed by atoms with Crippen molar-refractivity contribution in [2.24, 2.45) is 11.7 Å². The molecule has 1 aliphatic rings. The molecule has 1 fully saturated rings. The maximum atomic E-state index is 12.0. The highest BCUT2D eigenvalue weighted by atomic mass is 35.5. The topological polar surface area (TPSA) is 94.4 Å². The minimum Gasteiger partial charge on any atom is -0.352 e. The van der Waals surface area contributed by atoms with Crippen LogP contribution in [-0.4, -0.2) is 32.7 Å². The van der Waals surface area contributed by atoms with Crippen molar-refractivity contribution in [3.63, 3.8) is 0 Å². The number of hydrogen-bond donors (Lipinski definition) is 2. The van der Waals surface area contributed by atoms with E-state index in [-0.39, 0.29) is 43.0 Å². The molecule has 1 atom stereocenters. The van der Waals surface area contributed by atoms with Gasteiger partial charge in [0.1, 0.15) is 0 Å². The number of pyridine rings is 1. The molecule has 0 saturated heterocycles. The predicted octanol–water partition coefficient (Wildman–Crippen LogP) is 0.161. The summed E-state index contributed by atoms with van der Waals surface area (Å²) in [6.45, 7) is 0.735. The van der Waals surface area contributed by atoms with Gasteiger partial charge in [0.15, 0.2) is 5.65 Å². The van der Waals surface area contributed by atoms with Crippen LogP contribution < -0.4 is 16.7 Å². The van der Waals surface area contributed by atoms with Crippen molar-refractivity contribution >= 4 is 24.0 Å². The van der Waals surface area contributed by atoms with Crippen molar-refractivity contribution < 1.29 is 4.79 Å². The van der Waals surface area contributed by atoms with Crippen LogP contribution in [0, 0.1) is 5.92 Å². The number of aryl methyl sites for hydroxylation is 1. The van der Waals surface area contributed by atoms with E-state index < -0.39 is 0 Å². The van der Waals surface area contributed by atoms with Gasteiger partial charge >= 0.3 is 5.69 Å². The lowest BCUT2D eigenvalue weighted by molar-refractivity contribution is -0.122. The molecule has 22 heavy (non-hydrogen) atoms. The lowest BCUT2D eigenvalue weighted by atomic mass is 10.2. The summed E-state index contributed by atoms with van der Waals surface area (Å²) in [5.41, 5.74) is 6.02. The van der Waals surface area contributed by atoms with Crippen LogP contribution in [0.5, 0.6) is 0 Å². The van der Waals surface area contributed by atoms with Crippen molar-refractivity contribution in [2.45, 2.75) is 31.8 Å². The van der Waals surface area contributed by atoms with E-state index in [2.05, 4.69) is 10.4 Å². The minimum atomic E-state index is -0.226. The van der Waals surface area contributed by atoms with Crippen LogP contribution in [0.1, 0.15) is 19.3 Å². The van der Waals surface area contributed by atoms with Gasteiger partial charge in [0, 0.05) is 25.2 Å². The predicted molar refractivity (Wildman–Crippen MR) is 85.0 cm³/mol. The summed E-state index contributed by atoms with van der Waals surface area (Å²) >= 11 is 0. The van der Waals surface area contributed by atoms with Crippen LogP contribution in [0.2, 0.25) is 0 Å². The van der Waals surface area contributed by atoms with E-state index in [1.54, 1.807) is 18.3 Å². The van der Waals surface area contributed by atoms with Gasteiger partial charge in [-0.3, -0.25) is 9.20 Å². The summed E-state index contributed by atoms with van der Waals surface area (Å²) in [5, 5.41) is 7.13. The Labute approximate surface area is 133 Å². The molecule has 1 amide bonds. The Kier molecular flexibility index (Phi) is 5.20. The van der Waals surface area contributed by atoms with Crippen LogP contribution in [0.3, 0.4) is 0 Å². The molecule has 2 heterocycles. The number of nitrogens with two attached hydrogens (primary N) is 1. The van der Waals surface area contributed by atoms with Crippen LogP contribution in [-0.2, 0) is 11.3 Å². The van der Waals surface area contributed by atoms with Gasteiger partial charge in [0.2, 0.25) is 5.91 Å². The van der Waals surface area contributed by atoms with Crippen molar-refractivity contribution in [3.05, 3.63) is 34.9 Å². The molecule has 0 radical (unpaired) electrons. The average molecular weight is 326 g/mol. The molecule has 2 aromatic heterocycles. The number of aromatic nitrogens is 3. The van der Waals surface area contributed by atoms with Gasteiger partial charge in [0.25, 0.3) is 0 Å². The molecule has 8 heteroatoms. The van der Waals surface area contributed by atoms with E-state index in [1.165, 1.54) is 9.08 Å². The van der Waals surface area contributed by atoms with Crippen LogP contribution >= 0.6 is 12.4 Å². The Hall–Kier alpha value is -1.86. The quantitative estimate of drug-likeness (QED) is 0.791. The summed E-state index contributed by atoms with van der Waals surface area (Å²) in [4.78, 5) is 24.0. The largest absolute Gasteiger partial charge is 0.352 e. The smallest absolute Gasteiger partial charge is 0.350 e. The first-order chi connectivity index (χ1) is 10.2. The molecule has 0 bridgehead atoms. The molecule has 0 spiro atoms. The van der Waals surface area contributed by atoms with E-state index in [1.807, 2.05) is 6.07 Å². The number of carbonyl (C=O) groups is 1. The van der Waals surface area contributed by atoms with E-state index in [9.17, 15) is 9.59 Å². The molecule has 3 rings (SSSR count). The van der Waals surface area contributed by atoms with Gasteiger partial charge in [-0.15, -0.1) is 17.5 Å². The molecule has 3 N–H and O–H groups in total. The second-order valence-electron chi connectivity index (χ2n) is 5.43. The van der Waals surface area contributed by atoms with Gasteiger partial charge in [-0.05, 0) is 30.9 Å². The Morgan fingerprint density at radius 2 is 2.23 bits per heavy atom. The Balaban J connectivity index is 0.00000176. The normalized spacial score (nSPS) is 15.3. The van der Waals surface area contributed by atoms with Crippen LogP contribution in [0.4, 0.5) is 0 Å². The van der Waals surface area contributed by atoms with Gasteiger partial charge in [0.05, 0.1) is 6.54 Å². The number of nitrogens with zero attached hydrogens (tertiary/aromatic N) is 3. The minimum absolute atomic E-state index is 0. The molecule has 1 saturated carbocycles. The average Bonchev–Trinajstić information content (AvgIpc) is 3.29. The lowest BCUT2D eigenvalue weighted by Crippen LogP contribution is -2.42. The molecule has 1 unspecified atom stereocenters. The summed E-state index contributed by atoms with van der Waals surface area (Å²) in [7, 11) is 0. The van der Waals surface area contributed by atoms with Gasteiger partial charge in [-0.25, -0.2) is 9.48 Å². The number of fused-ring (bicyclic) bond motifs is 1. The van der Waals surface area contributed by atoms with E-state index in [0.717, 1.165) is 12.8 Å².